The number of carbonyl (C=O) groups excluding carboxylic acids is 1. The van der Waals surface area contributed by atoms with E-state index in [-0.39, 0.29) is 11.7 Å². The predicted octanol–water partition coefficient (Wildman–Crippen LogP) is 4.79. The fourth-order valence-electron chi connectivity index (χ4n) is 3.12. The molecule has 0 bridgehead atoms. The van der Waals surface area contributed by atoms with Crippen LogP contribution in [0.15, 0.2) is 88.2 Å². The number of fused-ring (bicyclic) bond motifs is 1. The summed E-state index contributed by atoms with van der Waals surface area (Å²) >= 11 is 2.89. The summed E-state index contributed by atoms with van der Waals surface area (Å²) in [5, 5.41) is 7.87. The van der Waals surface area contributed by atoms with Crippen LogP contribution in [0.25, 0.3) is 10.8 Å². The van der Waals surface area contributed by atoms with Crippen LogP contribution in [0.2, 0.25) is 0 Å². The molecule has 0 saturated heterocycles. The molecule has 5 nitrogen and oxygen atoms in total. The molecular formula is C23H20N2O3S3. The van der Waals surface area contributed by atoms with Gasteiger partial charge in [0.2, 0.25) is 0 Å². The number of benzene rings is 2. The molecule has 8 heteroatoms. The molecule has 4 rings (SSSR count). The van der Waals surface area contributed by atoms with E-state index in [2.05, 4.69) is 21.7 Å². The van der Waals surface area contributed by atoms with E-state index in [1.54, 1.807) is 60.0 Å². The van der Waals surface area contributed by atoms with Crippen LogP contribution in [0.3, 0.4) is 0 Å². The van der Waals surface area contributed by atoms with Crippen LogP contribution >= 0.6 is 23.1 Å². The van der Waals surface area contributed by atoms with Crippen molar-refractivity contribution in [1.82, 2.24) is 10.3 Å². The number of nitrogens with one attached hydrogen (secondary N) is 1. The molecule has 0 aliphatic rings. The van der Waals surface area contributed by atoms with Crippen LogP contribution in [0.4, 0.5) is 0 Å². The van der Waals surface area contributed by atoms with Gasteiger partial charge in [-0.05, 0) is 40.4 Å². The number of aromatic nitrogens is 1. The highest BCUT2D eigenvalue weighted by Crippen LogP contribution is 2.26. The van der Waals surface area contributed by atoms with E-state index in [1.807, 2.05) is 18.2 Å². The van der Waals surface area contributed by atoms with Crippen molar-refractivity contribution in [3.05, 3.63) is 88.7 Å². The van der Waals surface area contributed by atoms with Gasteiger partial charge in [0.25, 0.3) is 5.91 Å². The number of pyridine rings is 1. The molecule has 0 fully saturated rings. The first-order chi connectivity index (χ1) is 15.0. The highest BCUT2D eigenvalue weighted by molar-refractivity contribution is 8.00. The summed E-state index contributed by atoms with van der Waals surface area (Å²) in [6, 6.07) is 19.9. The molecule has 1 amide bonds. The number of thioether (sulfide) groups is 1. The molecule has 2 aromatic carbocycles. The van der Waals surface area contributed by atoms with Gasteiger partial charge in [-0.25, -0.2) is 13.4 Å². The van der Waals surface area contributed by atoms with Crippen molar-refractivity contribution < 1.29 is 13.2 Å². The number of thiophene rings is 1. The zero-order valence-corrected chi connectivity index (χ0v) is 19.0. The van der Waals surface area contributed by atoms with E-state index in [9.17, 15) is 13.2 Å². The lowest BCUT2D eigenvalue weighted by Crippen LogP contribution is -2.23. The highest BCUT2D eigenvalue weighted by Gasteiger charge is 2.17. The number of carbonyl (C=O) groups is 1. The third-order valence-electron chi connectivity index (χ3n) is 4.71. The van der Waals surface area contributed by atoms with Crippen LogP contribution in [0.1, 0.15) is 15.2 Å². The van der Waals surface area contributed by atoms with E-state index in [1.165, 1.54) is 11.8 Å². The largest absolute Gasteiger partial charge is 0.347 e. The lowest BCUT2D eigenvalue weighted by atomic mass is 10.2. The van der Waals surface area contributed by atoms with Gasteiger partial charge in [0.1, 0.15) is 5.03 Å². The van der Waals surface area contributed by atoms with E-state index in [0.29, 0.717) is 27.8 Å². The van der Waals surface area contributed by atoms with Gasteiger partial charge in [0.15, 0.2) is 9.84 Å². The summed E-state index contributed by atoms with van der Waals surface area (Å²) in [5.74, 6) is 0.0592. The Hall–Kier alpha value is -2.68. The van der Waals surface area contributed by atoms with Crippen molar-refractivity contribution in [2.45, 2.75) is 16.5 Å². The summed E-state index contributed by atoms with van der Waals surface area (Å²) in [4.78, 5) is 18.5. The van der Waals surface area contributed by atoms with Crippen molar-refractivity contribution in [3.8, 4) is 0 Å². The first-order valence-electron chi connectivity index (χ1n) is 9.63. The van der Waals surface area contributed by atoms with Crippen LogP contribution in [0.5, 0.6) is 0 Å². The quantitative estimate of drug-likeness (QED) is 0.376. The Morgan fingerprint density at radius 1 is 1.00 bits per heavy atom. The SMILES string of the molecule is O=C(NCc1scc2ccccc12)c1cccnc1SCCS(=O)(=O)c1ccccc1. The number of sulfone groups is 1. The van der Waals surface area contributed by atoms with Crippen molar-refractivity contribution in [3.63, 3.8) is 0 Å². The molecular weight excluding hydrogens is 448 g/mol. The summed E-state index contributed by atoms with van der Waals surface area (Å²) in [6.07, 6.45) is 1.61. The fourth-order valence-corrected chi connectivity index (χ4v) is 6.72. The third kappa shape index (κ3) is 5.15. The highest BCUT2D eigenvalue weighted by atomic mass is 32.2. The molecule has 158 valence electrons. The summed E-state index contributed by atoms with van der Waals surface area (Å²) in [7, 11) is -3.37. The van der Waals surface area contributed by atoms with Gasteiger partial charge in [-0.3, -0.25) is 4.79 Å². The average molecular weight is 469 g/mol. The molecule has 2 aromatic heterocycles. The van der Waals surface area contributed by atoms with Crippen LogP contribution in [-0.2, 0) is 16.4 Å². The number of hydrogen-bond donors (Lipinski definition) is 1. The molecule has 0 atom stereocenters. The second-order valence-electron chi connectivity index (χ2n) is 6.77. The van der Waals surface area contributed by atoms with Crippen molar-refractivity contribution in [2.24, 2.45) is 0 Å². The Balaban J connectivity index is 1.40. The minimum atomic E-state index is -3.37. The minimum Gasteiger partial charge on any atom is -0.347 e. The van der Waals surface area contributed by atoms with Gasteiger partial charge < -0.3 is 5.32 Å². The van der Waals surface area contributed by atoms with E-state index in [4.69, 9.17) is 0 Å². The Morgan fingerprint density at radius 2 is 1.77 bits per heavy atom. The minimum absolute atomic E-state index is 0.0273. The molecule has 31 heavy (non-hydrogen) atoms. The average Bonchev–Trinajstić information content (AvgIpc) is 3.21. The molecule has 0 unspecified atom stereocenters. The number of nitrogens with zero attached hydrogens (tertiary/aromatic N) is 1. The molecule has 2 heterocycles. The van der Waals surface area contributed by atoms with Crippen LogP contribution in [0, 0.1) is 0 Å². The standard InChI is InChI=1S/C23H20N2O3S3/c26-22(25-15-21-19-10-5-4-7-17(19)16-30-21)20-11-6-12-24-23(20)29-13-14-31(27,28)18-8-2-1-3-9-18/h1-12,16H,13-15H2,(H,25,26). The topological polar surface area (TPSA) is 76.1 Å². The molecule has 0 aliphatic heterocycles. The molecule has 0 radical (unpaired) electrons. The molecule has 0 spiro atoms. The maximum Gasteiger partial charge on any atom is 0.254 e. The van der Waals surface area contributed by atoms with Gasteiger partial charge in [-0.2, -0.15) is 0 Å². The Kier molecular flexibility index (Phi) is 6.70. The van der Waals surface area contributed by atoms with E-state index >= 15 is 0 Å². The second-order valence-corrected chi connectivity index (χ2v) is 10.9. The molecule has 0 saturated carbocycles. The van der Waals surface area contributed by atoms with Gasteiger partial charge >= 0.3 is 0 Å². The Labute approximate surface area is 189 Å². The Bertz CT molecular complexity index is 1300. The lowest BCUT2D eigenvalue weighted by Gasteiger charge is -2.09. The third-order valence-corrected chi connectivity index (χ3v) is 8.73. The zero-order chi connectivity index (χ0) is 21.7. The van der Waals surface area contributed by atoms with Crippen molar-refractivity contribution >= 4 is 49.6 Å². The van der Waals surface area contributed by atoms with Crippen LogP contribution < -0.4 is 5.32 Å². The van der Waals surface area contributed by atoms with E-state index < -0.39 is 9.84 Å². The van der Waals surface area contributed by atoms with Crippen molar-refractivity contribution in [1.29, 1.82) is 0 Å². The van der Waals surface area contributed by atoms with Crippen molar-refractivity contribution in [2.75, 3.05) is 11.5 Å². The van der Waals surface area contributed by atoms with Gasteiger partial charge in [0, 0.05) is 16.8 Å². The first-order valence-corrected chi connectivity index (χ1v) is 13.2. The van der Waals surface area contributed by atoms with E-state index in [0.717, 1.165) is 15.6 Å². The normalized spacial score (nSPS) is 11.5. The number of amides is 1. The monoisotopic (exact) mass is 468 g/mol. The first kappa shape index (κ1) is 21.5. The summed E-state index contributed by atoms with van der Waals surface area (Å²) in [6.45, 7) is 0.429. The molecule has 1 N–H and O–H groups in total. The second kappa shape index (κ2) is 9.64. The maximum atomic E-state index is 12.8. The smallest absolute Gasteiger partial charge is 0.254 e. The number of hydrogen-bond acceptors (Lipinski definition) is 6. The Morgan fingerprint density at radius 3 is 2.61 bits per heavy atom. The summed E-state index contributed by atoms with van der Waals surface area (Å²) in [5.41, 5.74) is 0.450. The fraction of sp³-hybridized carbons (Fsp3) is 0.130. The van der Waals surface area contributed by atoms with Crippen LogP contribution in [-0.4, -0.2) is 30.8 Å². The zero-order valence-electron chi connectivity index (χ0n) is 16.5. The predicted molar refractivity (Wildman–Crippen MR) is 126 cm³/mol. The molecule has 4 aromatic rings. The van der Waals surface area contributed by atoms with Gasteiger partial charge in [0.05, 0.1) is 22.8 Å². The van der Waals surface area contributed by atoms with Gasteiger partial charge in [-0.1, -0.05) is 42.5 Å². The maximum absolute atomic E-state index is 12.8. The lowest BCUT2D eigenvalue weighted by molar-refractivity contribution is 0.0948. The van der Waals surface area contributed by atoms with Gasteiger partial charge in [-0.15, -0.1) is 23.1 Å². The summed E-state index contributed by atoms with van der Waals surface area (Å²) < 4.78 is 24.9. The molecule has 0 aliphatic carbocycles. The number of rotatable bonds is 8.